The summed E-state index contributed by atoms with van der Waals surface area (Å²) in [5.74, 6) is 0.0191. The molecule has 15 heavy (non-hydrogen) atoms. The Morgan fingerprint density at radius 3 is 2.93 bits per heavy atom. The van der Waals surface area contributed by atoms with E-state index in [1.807, 2.05) is 25.1 Å². The van der Waals surface area contributed by atoms with Crippen molar-refractivity contribution in [3.05, 3.63) is 40.9 Å². The Morgan fingerprint density at radius 2 is 2.33 bits per heavy atom. The van der Waals surface area contributed by atoms with Crippen LogP contribution in [-0.2, 0) is 4.79 Å². The molecule has 0 saturated carbocycles. The molecule has 0 saturated heterocycles. The molecule has 0 atom stereocenters. The highest BCUT2D eigenvalue weighted by molar-refractivity contribution is 9.10. The van der Waals surface area contributed by atoms with Crippen LogP contribution in [0.5, 0.6) is 0 Å². The summed E-state index contributed by atoms with van der Waals surface area (Å²) in [6, 6.07) is 5.76. The number of halogens is 1. The number of carbonyl (C=O) groups excluding carboxylic acids is 1. The first kappa shape index (κ1) is 12.0. The molecule has 0 aliphatic carbocycles. The smallest absolute Gasteiger partial charge is 0.224 e. The predicted octanol–water partition coefficient (Wildman–Crippen LogP) is 3.66. The van der Waals surface area contributed by atoms with Gasteiger partial charge in [0.25, 0.3) is 0 Å². The Bertz CT molecular complexity index is 374. The lowest BCUT2D eigenvalue weighted by Crippen LogP contribution is -2.10. The van der Waals surface area contributed by atoms with Gasteiger partial charge in [0.05, 0.1) is 0 Å². The molecule has 0 aliphatic heterocycles. The van der Waals surface area contributed by atoms with Gasteiger partial charge < -0.3 is 5.32 Å². The Labute approximate surface area is 98.5 Å². The van der Waals surface area contributed by atoms with Crippen molar-refractivity contribution in [1.82, 2.24) is 0 Å². The van der Waals surface area contributed by atoms with Gasteiger partial charge in [0.1, 0.15) is 0 Å². The summed E-state index contributed by atoms with van der Waals surface area (Å²) in [7, 11) is 0. The summed E-state index contributed by atoms with van der Waals surface area (Å²) in [6.45, 7) is 5.59. The van der Waals surface area contributed by atoms with E-state index in [-0.39, 0.29) is 5.91 Å². The van der Waals surface area contributed by atoms with Crippen LogP contribution < -0.4 is 5.32 Å². The third kappa shape index (κ3) is 3.88. The summed E-state index contributed by atoms with van der Waals surface area (Å²) in [4.78, 5) is 11.4. The Kier molecular flexibility index (Phi) is 4.56. The molecule has 1 N–H and O–H groups in total. The van der Waals surface area contributed by atoms with E-state index in [2.05, 4.69) is 27.8 Å². The number of nitrogens with one attached hydrogen (secondary N) is 1. The lowest BCUT2D eigenvalue weighted by molar-refractivity contribution is -0.116. The largest absolute Gasteiger partial charge is 0.326 e. The number of hydrogen-bond donors (Lipinski definition) is 1. The molecule has 0 radical (unpaired) electrons. The minimum atomic E-state index is 0.0191. The van der Waals surface area contributed by atoms with Gasteiger partial charge >= 0.3 is 0 Å². The molecule has 0 unspecified atom stereocenters. The molecular formula is C12H14BrNO. The molecule has 1 amide bonds. The number of hydrogen-bond acceptors (Lipinski definition) is 1. The fourth-order valence-electron chi connectivity index (χ4n) is 1.13. The molecule has 0 bridgehead atoms. The van der Waals surface area contributed by atoms with Gasteiger partial charge in [0, 0.05) is 16.6 Å². The van der Waals surface area contributed by atoms with Crippen LogP contribution in [0.1, 0.15) is 18.4 Å². The average molecular weight is 268 g/mol. The van der Waals surface area contributed by atoms with E-state index in [1.54, 1.807) is 6.08 Å². The standard InChI is InChI=1S/C12H14BrNO/c1-3-4-5-12(15)14-10-7-6-9(2)11(13)8-10/h3,6-8H,1,4-5H2,2H3,(H,14,15). The molecule has 3 heteroatoms. The highest BCUT2D eigenvalue weighted by Gasteiger charge is 2.02. The fourth-order valence-corrected chi connectivity index (χ4v) is 1.51. The maximum absolute atomic E-state index is 11.4. The van der Waals surface area contributed by atoms with Crippen molar-refractivity contribution in [3.8, 4) is 0 Å². The van der Waals surface area contributed by atoms with E-state index in [4.69, 9.17) is 0 Å². The number of benzene rings is 1. The first-order chi connectivity index (χ1) is 7.13. The number of anilines is 1. The molecule has 1 aromatic rings. The molecule has 0 aliphatic rings. The minimum Gasteiger partial charge on any atom is -0.326 e. The van der Waals surface area contributed by atoms with E-state index in [1.165, 1.54) is 0 Å². The van der Waals surface area contributed by atoms with Crippen molar-refractivity contribution in [2.75, 3.05) is 5.32 Å². The number of amides is 1. The fraction of sp³-hybridized carbons (Fsp3) is 0.250. The van der Waals surface area contributed by atoms with Crippen LogP contribution >= 0.6 is 15.9 Å². The summed E-state index contributed by atoms with van der Waals surface area (Å²) < 4.78 is 1.00. The first-order valence-corrected chi connectivity index (χ1v) is 5.59. The normalized spacial score (nSPS) is 9.73. The highest BCUT2D eigenvalue weighted by Crippen LogP contribution is 2.20. The maximum Gasteiger partial charge on any atom is 0.224 e. The van der Waals surface area contributed by atoms with Crippen LogP contribution in [0, 0.1) is 6.92 Å². The Balaban J connectivity index is 2.60. The summed E-state index contributed by atoms with van der Waals surface area (Å²) in [6.07, 6.45) is 2.93. The van der Waals surface area contributed by atoms with E-state index in [0.717, 1.165) is 15.7 Å². The Morgan fingerprint density at radius 1 is 1.60 bits per heavy atom. The van der Waals surface area contributed by atoms with Crippen LogP contribution in [0.25, 0.3) is 0 Å². The zero-order valence-electron chi connectivity index (χ0n) is 8.72. The molecule has 0 heterocycles. The van der Waals surface area contributed by atoms with E-state index < -0.39 is 0 Å². The van der Waals surface area contributed by atoms with Crippen molar-refractivity contribution in [2.24, 2.45) is 0 Å². The van der Waals surface area contributed by atoms with Gasteiger partial charge in [-0.2, -0.15) is 0 Å². The Hall–Kier alpha value is -1.09. The number of allylic oxidation sites excluding steroid dienone is 1. The molecule has 1 aromatic carbocycles. The van der Waals surface area contributed by atoms with Crippen molar-refractivity contribution in [2.45, 2.75) is 19.8 Å². The van der Waals surface area contributed by atoms with Gasteiger partial charge in [-0.3, -0.25) is 4.79 Å². The van der Waals surface area contributed by atoms with Gasteiger partial charge in [0.2, 0.25) is 5.91 Å². The van der Waals surface area contributed by atoms with Crippen LogP contribution in [0.4, 0.5) is 5.69 Å². The van der Waals surface area contributed by atoms with E-state index in [9.17, 15) is 4.79 Å². The second-order valence-corrected chi connectivity index (χ2v) is 4.19. The molecule has 1 rings (SSSR count). The van der Waals surface area contributed by atoms with Gasteiger partial charge in [-0.05, 0) is 31.0 Å². The third-order valence-corrected chi connectivity index (χ3v) is 2.89. The quantitative estimate of drug-likeness (QED) is 0.829. The SMILES string of the molecule is C=CCCC(=O)Nc1ccc(C)c(Br)c1. The van der Waals surface area contributed by atoms with Crippen molar-refractivity contribution >= 4 is 27.5 Å². The molecule has 0 spiro atoms. The van der Waals surface area contributed by atoms with Crippen molar-refractivity contribution in [1.29, 1.82) is 0 Å². The first-order valence-electron chi connectivity index (χ1n) is 4.80. The molecule has 80 valence electrons. The molecule has 0 fully saturated rings. The van der Waals surface area contributed by atoms with E-state index in [0.29, 0.717) is 12.8 Å². The van der Waals surface area contributed by atoms with Crippen LogP contribution in [0.3, 0.4) is 0 Å². The third-order valence-electron chi connectivity index (χ3n) is 2.03. The number of aryl methyl sites for hydroxylation is 1. The van der Waals surface area contributed by atoms with Crippen LogP contribution in [0.2, 0.25) is 0 Å². The van der Waals surface area contributed by atoms with Gasteiger partial charge in [0.15, 0.2) is 0 Å². The monoisotopic (exact) mass is 267 g/mol. The topological polar surface area (TPSA) is 29.1 Å². The number of rotatable bonds is 4. The lowest BCUT2D eigenvalue weighted by atomic mass is 10.2. The molecular weight excluding hydrogens is 254 g/mol. The van der Waals surface area contributed by atoms with Crippen LogP contribution in [0.15, 0.2) is 35.3 Å². The summed E-state index contributed by atoms with van der Waals surface area (Å²) in [5.41, 5.74) is 1.97. The second kappa shape index (κ2) is 5.71. The van der Waals surface area contributed by atoms with Crippen LogP contribution in [-0.4, -0.2) is 5.91 Å². The molecule has 0 aromatic heterocycles. The predicted molar refractivity (Wildman–Crippen MR) is 66.9 cm³/mol. The zero-order chi connectivity index (χ0) is 11.3. The maximum atomic E-state index is 11.4. The van der Waals surface area contributed by atoms with Gasteiger partial charge in [-0.1, -0.05) is 28.1 Å². The van der Waals surface area contributed by atoms with Gasteiger partial charge in [-0.15, -0.1) is 6.58 Å². The average Bonchev–Trinajstić information content (AvgIpc) is 2.20. The highest BCUT2D eigenvalue weighted by atomic mass is 79.9. The van der Waals surface area contributed by atoms with E-state index >= 15 is 0 Å². The zero-order valence-corrected chi connectivity index (χ0v) is 10.3. The summed E-state index contributed by atoms with van der Waals surface area (Å²) in [5, 5.41) is 2.83. The van der Waals surface area contributed by atoms with Gasteiger partial charge in [-0.25, -0.2) is 0 Å². The number of carbonyl (C=O) groups is 1. The molecule has 2 nitrogen and oxygen atoms in total. The minimum absolute atomic E-state index is 0.0191. The lowest BCUT2D eigenvalue weighted by Gasteiger charge is -2.06. The summed E-state index contributed by atoms with van der Waals surface area (Å²) >= 11 is 3.42. The van der Waals surface area contributed by atoms with Crippen molar-refractivity contribution < 1.29 is 4.79 Å². The van der Waals surface area contributed by atoms with Crippen molar-refractivity contribution in [3.63, 3.8) is 0 Å². The second-order valence-electron chi connectivity index (χ2n) is 3.34.